The summed E-state index contributed by atoms with van der Waals surface area (Å²) in [6, 6.07) is 3.64. The van der Waals surface area contributed by atoms with Crippen LogP contribution in [-0.4, -0.2) is 23.5 Å². The lowest BCUT2D eigenvalue weighted by Gasteiger charge is -2.23. The van der Waals surface area contributed by atoms with Gasteiger partial charge in [0.25, 0.3) is 0 Å². The molecule has 1 heterocycles. The number of rotatable bonds is 5. The topological polar surface area (TPSA) is 77.2 Å². The highest BCUT2D eigenvalue weighted by molar-refractivity contribution is 5.86. The van der Waals surface area contributed by atoms with E-state index in [1.165, 1.54) is 0 Å². The smallest absolute Gasteiger partial charge is 0.240 e. The molecule has 18 heavy (non-hydrogen) atoms. The van der Waals surface area contributed by atoms with Gasteiger partial charge in [-0.1, -0.05) is 0 Å². The van der Waals surface area contributed by atoms with Gasteiger partial charge >= 0.3 is 0 Å². The van der Waals surface area contributed by atoms with Crippen LogP contribution < -0.4 is 15.8 Å². The number of hydrogen-bond donors (Lipinski definition) is 2. The molecular weight excluding hydrogens is 230 g/mol. The number of methoxy groups -OCH3 is 1. The van der Waals surface area contributed by atoms with Crippen LogP contribution in [0.25, 0.3) is 0 Å². The number of hydrogen-bond acceptors (Lipinski definition) is 4. The molecule has 0 spiro atoms. The summed E-state index contributed by atoms with van der Waals surface area (Å²) >= 11 is 0. The molecule has 2 rings (SSSR count). The molecule has 0 aromatic carbocycles. The highest BCUT2D eigenvalue weighted by atomic mass is 16.5. The van der Waals surface area contributed by atoms with Gasteiger partial charge in [0.05, 0.1) is 12.6 Å². The maximum absolute atomic E-state index is 12.0. The van der Waals surface area contributed by atoms with E-state index in [-0.39, 0.29) is 5.91 Å². The van der Waals surface area contributed by atoms with Crippen molar-refractivity contribution in [3.05, 3.63) is 23.9 Å². The minimum atomic E-state index is -0.753. The molecule has 3 N–H and O–H groups in total. The molecule has 1 aromatic rings. The standard InChI is InChI=1S/C13H19N3O2/c1-13(14,10-3-4-10)12(17)16-8-9-5-6-15-11(7-9)18-2/h5-7,10H,3-4,8,14H2,1-2H3,(H,16,17). The molecule has 1 amide bonds. The lowest BCUT2D eigenvalue weighted by Crippen LogP contribution is -2.53. The van der Waals surface area contributed by atoms with Crippen LogP contribution in [0.4, 0.5) is 0 Å². The summed E-state index contributed by atoms with van der Waals surface area (Å²) in [4.78, 5) is 16.0. The minimum absolute atomic E-state index is 0.0965. The largest absolute Gasteiger partial charge is 0.481 e. The number of ether oxygens (including phenoxy) is 1. The van der Waals surface area contributed by atoms with Gasteiger partial charge in [0.2, 0.25) is 11.8 Å². The van der Waals surface area contributed by atoms with E-state index in [9.17, 15) is 4.79 Å². The Morgan fingerprint density at radius 1 is 1.67 bits per heavy atom. The Balaban J connectivity index is 1.92. The summed E-state index contributed by atoms with van der Waals surface area (Å²) < 4.78 is 5.03. The third kappa shape index (κ3) is 2.79. The van der Waals surface area contributed by atoms with Crippen molar-refractivity contribution < 1.29 is 9.53 Å². The molecule has 1 aromatic heterocycles. The van der Waals surface area contributed by atoms with Gasteiger partial charge in [0, 0.05) is 18.8 Å². The Morgan fingerprint density at radius 3 is 3.00 bits per heavy atom. The van der Waals surface area contributed by atoms with Crippen LogP contribution in [0.15, 0.2) is 18.3 Å². The summed E-state index contributed by atoms with van der Waals surface area (Å²) in [5, 5.41) is 2.86. The second kappa shape index (κ2) is 4.94. The molecule has 0 aliphatic heterocycles. The van der Waals surface area contributed by atoms with Crippen LogP contribution >= 0.6 is 0 Å². The predicted octanol–water partition coefficient (Wildman–Crippen LogP) is 0.834. The van der Waals surface area contributed by atoms with E-state index in [1.807, 2.05) is 6.07 Å². The SMILES string of the molecule is COc1cc(CNC(=O)C(C)(N)C2CC2)ccn1. The zero-order valence-corrected chi connectivity index (χ0v) is 10.8. The molecule has 0 bridgehead atoms. The molecule has 1 atom stereocenters. The van der Waals surface area contributed by atoms with E-state index in [2.05, 4.69) is 10.3 Å². The Morgan fingerprint density at radius 2 is 2.39 bits per heavy atom. The zero-order chi connectivity index (χ0) is 13.2. The lowest BCUT2D eigenvalue weighted by atomic mass is 9.96. The molecule has 1 fully saturated rings. The highest BCUT2D eigenvalue weighted by Gasteiger charge is 2.43. The first kappa shape index (κ1) is 12.8. The van der Waals surface area contributed by atoms with Crippen molar-refractivity contribution >= 4 is 5.91 Å². The highest BCUT2D eigenvalue weighted by Crippen LogP contribution is 2.38. The van der Waals surface area contributed by atoms with Crippen molar-refractivity contribution in [2.24, 2.45) is 11.7 Å². The summed E-state index contributed by atoms with van der Waals surface area (Å²) in [5.74, 6) is 0.768. The quantitative estimate of drug-likeness (QED) is 0.810. The van der Waals surface area contributed by atoms with Crippen molar-refractivity contribution in [2.75, 3.05) is 7.11 Å². The van der Waals surface area contributed by atoms with Gasteiger partial charge in [-0.25, -0.2) is 4.98 Å². The molecule has 1 aliphatic rings. The molecule has 5 nitrogen and oxygen atoms in total. The number of amides is 1. The summed E-state index contributed by atoms with van der Waals surface area (Å²) in [6.45, 7) is 2.24. The van der Waals surface area contributed by atoms with Crippen molar-refractivity contribution in [1.29, 1.82) is 0 Å². The van der Waals surface area contributed by atoms with Gasteiger partial charge in [-0.05, 0) is 37.3 Å². The Bertz CT molecular complexity index is 442. The third-order valence-electron chi connectivity index (χ3n) is 3.38. The van der Waals surface area contributed by atoms with Gasteiger partial charge in [-0.2, -0.15) is 0 Å². The second-order valence-electron chi connectivity index (χ2n) is 4.95. The minimum Gasteiger partial charge on any atom is -0.481 e. The maximum atomic E-state index is 12.0. The van der Waals surface area contributed by atoms with Crippen LogP contribution in [0.2, 0.25) is 0 Å². The average Bonchev–Trinajstić information content (AvgIpc) is 3.20. The third-order valence-corrected chi connectivity index (χ3v) is 3.38. The average molecular weight is 249 g/mol. The Labute approximate surface area is 107 Å². The van der Waals surface area contributed by atoms with Gasteiger partial charge in [0.15, 0.2) is 0 Å². The normalized spacial score (nSPS) is 17.9. The number of nitrogens with two attached hydrogens (primary N) is 1. The van der Waals surface area contributed by atoms with Crippen molar-refractivity contribution in [1.82, 2.24) is 10.3 Å². The van der Waals surface area contributed by atoms with E-state index < -0.39 is 5.54 Å². The summed E-state index contributed by atoms with van der Waals surface area (Å²) in [7, 11) is 1.56. The lowest BCUT2D eigenvalue weighted by molar-refractivity contribution is -0.126. The fourth-order valence-electron chi connectivity index (χ4n) is 1.91. The van der Waals surface area contributed by atoms with Crippen LogP contribution in [0, 0.1) is 5.92 Å². The Kier molecular flexibility index (Phi) is 3.52. The van der Waals surface area contributed by atoms with E-state index in [0.29, 0.717) is 18.3 Å². The van der Waals surface area contributed by atoms with Crippen molar-refractivity contribution in [3.8, 4) is 5.88 Å². The van der Waals surface area contributed by atoms with Crippen LogP contribution in [0.5, 0.6) is 5.88 Å². The van der Waals surface area contributed by atoms with Crippen molar-refractivity contribution in [2.45, 2.75) is 31.8 Å². The number of nitrogens with one attached hydrogen (secondary N) is 1. The zero-order valence-electron chi connectivity index (χ0n) is 10.8. The van der Waals surface area contributed by atoms with Crippen molar-refractivity contribution in [3.63, 3.8) is 0 Å². The fourth-order valence-corrected chi connectivity index (χ4v) is 1.91. The number of carbonyl (C=O) groups is 1. The van der Waals surface area contributed by atoms with E-state index in [1.54, 1.807) is 26.3 Å². The molecule has 1 unspecified atom stereocenters. The number of carbonyl (C=O) groups excluding carboxylic acids is 1. The van der Waals surface area contributed by atoms with Gasteiger partial charge in [0.1, 0.15) is 0 Å². The maximum Gasteiger partial charge on any atom is 0.240 e. The van der Waals surface area contributed by atoms with Gasteiger partial charge in [-0.15, -0.1) is 0 Å². The number of pyridine rings is 1. The molecule has 98 valence electrons. The Hall–Kier alpha value is -1.62. The van der Waals surface area contributed by atoms with E-state index >= 15 is 0 Å². The van der Waals surface area contributed by atoms with Crippen LogP contribution in [0.1, 0.15) is 25.3 Å². The summed E-state index contributed by atoms with van der Waals surface area (Å²) in [6.07, 6.45) is 3.75. The van der Waals surface area contributed by atoms with Crippen LogP contribution in [-0.2, 0) is 11.3 Å². The monoisotopic (exact) mass is 249 g/mol. The molecule has 0 radical (unpaired) electrons. The van der Waals surface area contributed by atoms with E-state index in [0.717, 1.165) is 18.4 Å². The van der Waals surface area contributed by atoms with Crippen LogP contribution in [0.3, 0.4) is 0 Å². The number of nitrogens with zero attached hydrogens (tertiary/aromatic N) is 1. The first-order valence-corrected chi connectivity index (χ1v) is 6.10. The van der Waals surface area contributed by atoms with Gasteiger partial charge in [-0.3, -0.25) is 4.79 Å². The first-order chi connectivity index (χ1) is 8.54. The first-order valence-electron chi connectivity index (χ1n) is 6.10. The molecule has 5 heteroatoms. The predicted molar refractivity (Wildman–Crippen MR) is 68.0 cm³/mol. The summed E-state index contributed by atoms with van der Waals surface area (Å²) in [5.41, 5.74) is 6.23. The fraction of sp³-hybridized carbons (Fsp3) is 0.538. The molecule has 1 saturated carbocycles. The molecule has 1 aliphatic carbocycles. The second-order valence-corrected chi connectivity index (χ2v) is 4.95. The van der Waals surface area contributed by atoms with E-state index in [4.69, 9.17) is 10.5 Å². The molecule has 0 saturated heterocycles. The number of aromatic nitrogens is 1. The van der Waals surface area contributed by atoms with Gasteiger partial charge < -0.3 is 15.8 Å². The molecular formula is C13H19N3O2.